The molecule has 1 heterocycles. The van der Waals surface area contributed by atoms with Gasteiger partial charge >= 0.3 is 0 Å². The summed E-state index contributed by atoms with van der Waals surface area (Å²) in [6.07, 6.45) is 3.51. The lowest BCUT2D eigenvalue weighted by molar-refractivity contribution is 0.258. The van der Waals surface area contributed by atoms with Crippen molar-refractivity contribution in [3.8, 4) is 0 Å². The van der Waals surface area contributed by atoms with Crippen LogP contribution in [-0.2, 0) is 9.84 Å². The van der Waals surface area contributed by atoms with E-state index in [2.05, 4.69) is 23.9 Å². The van der Waals surface area contributed by atoms with E-state index in [1.165, 1.54) is 12.7 Å². The van der Waals surface area contributed by atoms with Gasteiger partial charge in [0.25, 0.3) is 0 Å². The number of nitrogens with zero attached hydrogens (tertiary/aromatic N) is 2. The SMILES string of the molecule is CN(C)C1CCCN(c2ccc(S(C)(=O)=O)cc2N)C1. The third-order valence-corrected chi connectivity index (χ3v) is 5.00. The number of hydrogen-bond acceptors (Lipinski definition) is 5. The largest absolute Gasteiger partial charge is 0.397 e. The van der Waals surface area contributed by atoms with Crippen LogP contribution < -0.4 is 10.6 Å². The number of nitrogens with two attached hydrogens (primary N) is 1. The zero-order valence-electron chi connectivity index (χ0n) is 12.3. The van der Waals surface area contributed by atoms with Gasteiger partial charge in [-0.25, -0.2) is 8.42 Å². The quantitative estimate of drug-likeness (QED) is 0.849. The van der Waals surface area contributed by atoms with Gasteiger partial charge in [0.15, 0.2) is 9.84 Å². The van der Waals surface area contributed by atoms with Crippen LogP contribution in [0.4, 0.5) is 11.4 Å². The summed E-state index contributed by atoms with van der Waals surface area (Å²) in [5.74, 6) is 0. The molecule has 1 aromatic carbocycles. The lowest BCUT2D eigenvalue weighted by Crippen LogP contribution is -2.45. The first-order valence-electron chi connectivity index (χ1n) is 6.80. The molecule has 0 bridgehead atoms. The predicted octanol–water partition coefficient (Wildman–Crippen LogP) is 1.20. The number of rotatable bonds is 3. The van der Waals surface area contributed by atoms with E-state index in [4.69, 9.17) is 5.73 Å². The molecule has 1 fully saturated rings. The van der Waals surface area contributed by atoms with E-state index < -0.39 is 9.84 Å². The highest BCUT2D eigenvalue weighted by atomic mass is 32.2. The lowest BCUT2D eigenvalue weighted by atomic mass is 10.0. The number of nitrogen functional groups attached to an aromatic ring is 1. The summed E-state index contributed by atoms with van der Waals surface area (Å²) in [5.41, 5.74) is 7.52. The molecule has 6 heteroatoms. The van der Waals surface area contributed by atoms with Gasteiger partial charge in [0.1, 0.15) is 0 Å². The first-order chi connectivity index (χ1) is 9.29. The van der Waals surface area contributed by atoms with E-state index in [1.807, 2.05) is 6.07 Å². The molecule has 112 valence electrons. The third-order valence-electron chi connectivity index (χ3n) is 3.89. The highest BCUT2D eigenvalue weighted by molar-refractivity contribution is 7.90. The Labute approximate surface area is 121 Å². The minimum atomic E-state index is -3.20. The summed E-state index contributed by atoms with van der Waals surface area (Å²) in [4.78, 5) is 4.75. The zero-order valence-corrected chi connectivity index (χ0v) is 13.2. The monoisotopic (exact) mass is 297 g/mol. The fourth-order valence-corrected chi connectivity index (χ4v) is 3.30. The zero-order chi connectivity index (χ0) is 14.9. The second-order valence-electron chi connectivity index (χ2n) is 5.70. The Hall–Kier alpha value is -1.27. The van der Waals surface area contributed by atoms with Crippen molar-refractivity contribution >= 4 is 21.2 Å². The van der Waals surface area contributed by atoms with E-state index >= 15 is 0 Å². The minimum Gasteiger partial charge on any atom is -0.397 e. The summed E-state index contributed by atoms with van der Waals surface area (Å²) >= 11 is 0. The normalized spacial score (nSPS) is 20.4. The van der Waals surface area contributed by atoms with Gasteiger partial charge in [0.2, 0.25) is 0 Å². The molecule has 0 aromatic heterocycles. The highest BCUT2D eigenvalue weighted by Crippen LogP contribution is 2.29. The van der Waals surface area contributed by atoms with Gasteiger partial charge in [-0.3, -0.25) is 0 Å². The second-order valence-corrected chi connectivity index (χ2v) is 7.71. The first kappa shape index (κ1) is 15.1. The van der Waals surface area contributed by atoms with Gasteiger partial charge in [0, 0.05) is 25.4 Å². The Kier molecular flexibility index (Phi) is 4.25. The Morgan fingerprint density at radius 3 is 2.60 bits per heavy atom. The van der Waals surface area contributed by atoms with Crippen molar-refractivity contribution < 1.29 is 8.42 Å². The summed E-state index contributed by atoms with van der Waals surface area (Å²) in [6, 6.07) is 5.53. The molecule has 0 amide bonds. The molecule has 1 atom stereocenters. The van der Waals surface area contributed by atoms with Gasteiger partial charge in [-0.2, -0.15) is 0 Å². The van der Waals surface area contributed by atoms with Crippen LogP contribution in [-0.4, -0.2) is 52.8 Å². The Morgan fingerprint density at radius 1 is 1.35 bits per heavy atom. The first-order valence-corrected chi connectivity index (χ1v) is 8.69. The van der Waals surface area contributed by atoms with Crippen LogP contribution >= 0.6 is 0 Å². The van der Waals surface area contributed by atoms with Crippen LogP contribution in [0.25, 0.3) is 0 Å². The van der Waals surface area contributed by atoms with E-state index in [9.17, 15) is 8.42 Å². The molecule has 0 aliphatic carbocycles. The fraction of sp³-hybridized carbons (Fsp3) is 0.571. The minimum absolute atomic E-state index is 0.278. The van der Waals surface area contributed by atoms with E-state index in [-0.39, 0.29) is 4.90 Å². The topological polar surface area (TPSA) is 66.6 Å². The van der Waals surface area contributed by atoms with Crippen molar-refractivity contribution in [1.29, 1.82) is 0 Å². The lowest BCUT2D eigenvalue weighted by Gasteiger charge is -2.38. The van der Waals surface area contributed by atoms with Crippen molar-refractivity contribution in [3.05, 3.63) is 18.2 Å². The smallest absolute Gasteiger partial charge is 0.175 e. The standard InChI is InChI=1S/C14H23N3O2S/c1-16(2)11-5-4-8-17(10-11)14-7-6-12(9-13(14)15)20(3,18)19/h6-7,9,11H,4-5,8,10,15H2,1-3H3. The van der Waals surface area contributed by atoms with Gasteiger partial charge in [-0.1, -0.05) is 0 Å². The van der Waals surface area contributed by atoms with Crippen LogP contribution in [0.2, 0.25) is 0 Å². The maximum Gasteiger partial charge on any atom is 0.175 e. The molecule has 20 heavy (non-hydrogen) atoms. The molecular formula is C14H23N3O2S. The molecule has 5 nitrogen and oxygen atoms in total. The van der Waals surface area contributed by atoms with Crippen molar-refractivity contribution in [3.63, 3.8) is 0 Å². The van der Waals surface area contributed by atoms with Crippen LogP contribution in [0.15, 0.2) is 23.1 Å². The predicted molar refractivity (Wildman–Crippen MR) is 82.9 cm³/mol. The number of piperidine rings is 1. The van der Waals surface area contributed by atoms with E-state index in [0.717, 1.165) is 25.2 Å². The highest BCUT2D eigenvalue weighted by Gasteiger charge is 2.23. The second kappa shape index (κ2) is 5.61. The Bertz CT molecular complexity index is 584. The average molecular weight is 297 g/mol. The number of hydrogen-bond donors (Lipinski definition) is 1. The maximum absolute atomic E-state index is 11.5. The molecule has 1 aliphatic rings. The number of benzene rings is 1. The van der Waals surface area contributed by atoms with Crippen molar-refractivity contribution in [2.75, 3.05) is 44.1 Å². The Balaban J connectivity index is 2.25. The summed E-state index contributed by atoms with van der Waals surface area (Å²) in [7, 11) is 0.971. The molecule has 1 aliphatic heterocycles. The molecule has 2 N–H and O–H groups in total. The van der Waals surface area contributed by atoms with Crippen molar-refractivity contribution in [2.24, 2.45) is 0 Å². The Morgan fingerprint density at radius 2 is 2.05 bits per heavy atom. The molecule has 1 saturated heterocycles. The van der Waals surface area contributed by atoms with Crippen molar-refractivity contribution in [1.82, 2.24) is 4.90 Å². The van der Waals surface area contributed by atoms with Gasteiger partial charge in [0.05, 0.1) is 16.3 Å². The van der Waals surface area contributed by atoms with Crippen molar-refractivity contribution in [2.45, 2.75) is 23.8 Å². The molecule has 0 radical (unpaired) electrons. The average Bonchev–Trinajstić information content (AvgIpc) is 2.37. The number of likely N-dealkylation sites (N-methyl/N-ethyl adjacent to an activating group) is 1. The van der Waals surface area contributed by atoms with Crippen LogP contribution in [0, 0.1) is 0 Å². The number of sulfone groups is 1. The summed E-state index contributed by atoms with van der Waals surface area (Å²) < 4.78 is 23.1. The van der Waals surface area contributed by atoms with Crippen LogP contribution in [0.1, 0.15) is 12.8 Å². The van der Waals surface area contributed by atoms with E-state index in [1.54, 1.807) is 12.1 Å². The summed E-state index contributed by atoms with van der Waals surface area (Å²) in [5, 5.41) is 0. The van der Waals surface area contributed by atoms with Crippen LogP contribution in [0.3, 0.4) is 0 Å². The summed E-state index contributed by atoms with van der Waals surface area (Å²) in [6.45, 7) is 1.89. The fourth-order valence-electron chi connectivity index (χ4n) is 2.65. The molecule has 1 aromatic rings. The maximum atomic E-state index is 11.5. The van der Waals surface area contributed by atoms with Crippen LogP contribution in [0.5, 0.6) is 0 Å². The number of anilines is 2. The molecular weight excluding hydrogens is 274 g/mol. The third kappa shape index (κ3) is 3.24. The van der Waals surface area contributed by atoms with Gasteiger partial charge in [-0.05, 0) is 45.1 Å². The molecule has 1 unspecified atom stereocenters. The van der Waals surface area contributed by atoms with Gasteiger partial charge < -0.3 is 15.5 Å². The molecule has 0 saturated carbocycles. The van der Waals surface area contributed by atoms with E-state index in [0.29, 0.717) is 11.7 Å². The van der Waals surface area contributed by atoms with Gasteiger partial charge in [-0.15, -0.1) is 0 Å². The molecule has 2 rings (SSSR count). The molecule has 0 spiro atoms.